The van der Waals surface area contributed by atoms with Crippen LogP contribution in [-0.2, 0) is 4.74 Å². The Morgan fingerprint density at radius 1 is 1.20 bits per heavy atom. The van der Waals surface area contributed by atoms with Crippen molar-refractivity contribution in [2.24, 2.45) is 0 Å². The van der Waals surface area contributed by atoms with E-state index in [-0.39, 0.29) is 6.61 Å². The third-order valence-corrected chi connectivity index (χ3v) is 4.79. The lowest BCUT2D eigenvalue weighted by Gasteiger charge is -2.40. The molecule has 4 rings (SSSR count). The van der Waals surface area contributed by atoms with Crippen LogP contribution in [0.5, 0.6) is 0 Å². The molecule has 2 aliphatic rings. The molecule has 2 saturated heterocycles. The lowest BCUT2D eigenvalue weighted by atomic mass is 9.95. The van der Waals surface area contributed by atoms with E-state index in [1.54, 1.807) is 0 Å². The molecule has 7 nitrogen and oxygen atoms in total. The Balaban J connectivity index is 1.51. The number of hydrogen-bond acceptors (Lipinski definition) is 7. The van der Waals surface area contributed by atoms with Crippen molar-refractivity contribution in [2.45, 2.75) is 18.3 Å². The van der Waals surface area contributed by atoms with Crippen molar-refractivity contribution in [2.75, 3.05) is 49.7 Å². The molecule has 0 bridgehead atoms. The molecule has 4 heterocycles. The first-order chi connectivity index (χ1) is 12.3. The third kappa shape index (κ3) is 3.57. The van der Waals surface area contributed by atoms with Crippen LogP contribution >= 0.6 is 0 Å². The van der Waals surface area contributed by atoms with Crippen molar-refractivity contribution >= 4 is 11.8 Å². The molecule has 2 aliphatic heterocycles. The molecule has 1 atom stereocenters. The van der Waals surface area contributed by atoms with E-state index in [1.807, 2.05) is 18.3 Å². The predicted octanol–water partition coefficient (Wildman–Crippen LogP) is 1.38. The molecule has 0 saturated carbocycles. The number of rotatable bonds is 6. The lowest BCUT2D eigenvalue weighted by Crippen LogP contribution is -2.46. The number of ether oxygens (including phenoxy) is 1. The van der Waals surface area contributed by atoms with Crippen molar-refractivity contribution in [3.8, 4) is 0 Å². The van der Waals surface area contributed by atoms with E-state index < -0.39 is 0 Å². The van der Waals surface area contributed by atoms with Crippen LogP contribution in [0.4, 0.5) is 11.8 Å². The summed E-state index contributed by atoms with van der Waals surface area (Å²) in [6.07, 6.45) is 2.84. The van der Waals surface area contributed by atoms with E-state index in [4.69, 9.17) is 9.84 Å². The first-order valence-corrected chi connectivity index (χ1v) is 8.81. The van der Waals surface area contributed by atoms with E-state index >= 15 is 0 Å². The second-order valence-corrected chi connectivity index (χ2v) is 6.54. The summed E-state index contributed by atoms with van der Waals surface area (Å²) in [4.78, 5) is 15.9. The second kappa shape index (κ2) is 7.33. The Morgan fingerprint density at radius 2 is 2.12 bits per heavy atom. The Hall–Kier alpha value is -2.25. The van der Waals surface area contributed by atoms with Gasteiger partial charge in [-0.1, -0.05) is 6.07 Å². The van der Waals surface area contributed by atoms with Gasteiger partial charge < -0.3 is 20.1 Å². The molecule has 2 fully saturated rings. The Morgan fingerprint density at radius 3 is 2.84 bits per heavy atom. The van der Waals surface area contributed by atoms with Gasteiger partial charge in [-0.3, -0.25) is 4.98 Å². The van der Waals surface area contributed by atoms with Crippen LogP contribution in [0.25, 0.3) is 0 Å². The molecule has 0 spiro atoms. The topological polar surface area (TPSA) is 83.4 Å². The summed E-state index contributed by atoms with van der Waals surface area (Å²) in [5, 5.41) is 12.1. The molecule has 0 aromatic carbocycles. The van der Waals surface area contributed by atoms with Crippen LogP contribution in [0.1, 0.15) is 29.6 Å². The van der Waals surface area contributed by atoms with Gasteiger partial charge in [-0.15, -0.1) is 0 Å². The predicted molar refractivity (Wildman–Crippen MR) is 95.0 cm³/mol. The molecule has 0 radical (unpaired) electrons. The van der Waals surface area contributed by atoms with Gasteiger partial charge in [-0.05, 0) is 18.6 Å². The zero-order chi connectivity index (χ0) is 17.1. The van der Waals surface area contributed by atoms with Crippen LogP contribution in [0.3, 0.4) is 0 Å². The summed E-state index contributed by atoms with van der Waals surface area (Å²) in [5.74, 6) is 2.28. The van der Waals surface area contributed by atoms with Crippen LogP contribution in [0.15, 0.2) is 30.5 Å². The molecular formula is C18H23N5O2. The molecule has 132 valence electrons. The first-order valence-electron chi connectivity index (χ1n) is 8.81. The fraction of sp³-hybridized carbons (Fsp3) is 0.500. The molecule has 2 aromatic rings. The number of hydrogen-bond donors (Lipinski definition) is 2. The highest BCUT2D eigenvalue weighted by atomic mass is 16.5. The lowest BCUT2D eigenvalue weighted by molar-refractivity contribution is 0.193. The number of aromatic nitrogens is 3. The Labute approximate surface area is 147 Å². The maximum atomic E-state index is 9.05. The fourth-order valence-electron chi connectivity index (χ4n) is 3.31. The largest absolute Gasteiger partial charge is 0.395 e. The van der Waals surface area contributed by atoms with Gasteiger partial charge in [0.05, 0.1) is 18.9 Å². The number of nitrogens with one attached hydrogen (secondary N) is 1. The average molecular weight is 341 g/mol. The highest BCUT2D eigenvalue weighted by Crippen LogP contribution is 2.32. The molecule has 0 amide bonds. The van der Waals surface area contributed by atoms with Gasteiger partial charge in [-0.2, -0.15) is 4.98 Å². The van der Waals surface area contributed by atoms with Gasteiger partial charge in [0, 0.05) is 56.0 Å². The van der Waals surface area contributed by atoms with Crippen molar-refractivity contribution in [1.29, 1.82) is 0 Å². The van der Waals surface area contributed by atoms with E-state index in [0.717, 1.165) is 43.3 Å². The van der Waals surface area contributed by atoms with Crippen molar-refractivity contribution in [3.63, 3.8) is 0 Å². The molecule has 2 N–H and O–H groups in total. The minimum atomic E-state index is 0.0565. The highest BCUT2D eigenvalue weighted by molar-refractivity contribution is 5.49. The Kier molecular flexibility index (Phi) is 4.76. The van der Waals surface area contributed by atoms with Gasteiger partial charge in [0.15, 0.2) is 0 Å². The van der Waals surface area contributed by atoms with Crippen LogP contribution < -0.4 is 10.2 Å². The van der Waals surface area contributed by atoms with Gasteiger partial charge in [0.1, 0.15) is 5.82 Å². The van der Waals surface area contributed by atoms with Gasteiger partial charge >= 0.3 is 0 Å². The first kappa shape index (κ1) is 16.2. The minimum absolute atomic E-state index is 0.0565. The highest BCUT2D eigenvalue weighted by Gasteiger charge is 2.31. The van der Waals surface area contributed by atoms with Crippen LogP contribution in [0, 0.1) is 0 Å². The number of pyridine rings is 1. The van der Waals surface area contributed by atoms with E-state index in [1.165, 1.54) is 0 Å². The molecule has 25 heavy (non-hydrogen) atoms. The van der Waals surface area contributed by atoms with Gasteiger partial charge in [0.25, 0.3) is 0 Å². The van der Waals surface area contributed by atoms with Crippen LogP contribution in [0.2, 0.25) is 0 Å². The normalized spacial score (nSPS) is 20.5. The maximum absolute atomic E-state index is 9.05. The monoisotopic (exact) mass is 341 g/mol. The van der Waals surface area contributed by atoms with Gasteiger partial charge in [0.2, 0.25) is 5.95 Å². The summed E-state index contributed by atoms with van der Waals surface area (Å²) in [7, 11) is 0. The SMILES string of the molecule is OCCNc1nc([C@H]2CCOC2)cc(N2CC(c3ccccn3)C2)n1. The molecule has 0 aliphatic carbocycles. The molecule has 7 heteroatoms. The summed E-state index contributed by atoms with van der Waals surface area (Å²) < 4.78 is 5.51. The molecule has 0 unspecified atom stereocenters. The van der Waals surface area contributed by atoms with E-state index in [0.29, 0.717) is 30.9 Å². The average Bonchev–Trinajstić information content (AvgIpc) is 3.14. The second-order valence-electron chi connectivity index (χ2n) is 6.54. The maximum Gasteiger partial charge on any atom is 0.224 e. The smallest absolute Gasteiger partial charge is 0.224 e. The summed E-state index contributed by atoms with van der Waals surface area (Å²) in [6.45, 7) is 3.82. The number of anilines is 2. The molecular weight excluding hydrogens is 318 g/mol. The van der Waals surface area contributed by atoms with Crippen LogP contribution in [-0.4, -0.2) is 59.5 Å². The third-order valence-electron chi connectivity index (χ3n) is 4.79. The number of aliphatic hydroxyl groups excluding tert-OH is 1. The zero-order valence-corrected chi connectivity index (χ0v) is 14.1. The number of aliphatic hydroxyl groups is 1. The summed E-state index contributed by atoms with van der Waals surface area (Å²) >= 11 is 0. The zero-order valence-electron chi connectivity index (χ0n) is 14.1. The van der Waals surface area contributed by atoms with Crippen molar-refractivity contribution in [1.82, 2.24) is 15.0 Å². The Bertz CT molecular complexity index is 700. The van der Waals surface area contributed by atoms with E-state index in [9.17, 15) is 0 Å². The molecule has 2 aromatic heterocycles. The quantitative estimate of drug-likeness (QED) is 0.821. The van der Waals surface area contributed by atoms with Crippen molar-refractivity contribution < 1.29 is 9.84 Å². The summed E-state index contributed by atoms with van der Waals surface area (Å²) in [5.41, 5.74) is 2.15. The van der Waals surface area contributed by atoms with E-state index in [2.05, 4.69) is 37.3 Å². The van der Waals surface area contributed by atoms with Gasteiger partial charge in [-0.25, -0.2) is 4.98 Å². The fourth-order valence-corrected chi connectivity index (χ4v) is 3.31. The minimum Gasteiger partial charge on any atom is -0.395 e. The summed E-state index contributed by atoms with van der Waals surface area (Å²) in [6, 6.07) is 8.14. The van der Waals surface area contributed by atoms with Crippen molar-refractivity contribution in [3.05, 3.63) is 41.9 Å². The standard InChI is InChI=1S/C18H23N5O2/c24-7-6-20-18-21-16(13-4-8-25-12-13)9-17(22-18)23-10-14(11-23)15-3-1-2-5-19-15/h1-3,5,9,13-14,24H,4,6-8,10-12H2,(H,20,21,22)/t13-/m0/s1. The number of nitrogens with zero attached hydrogens (tertiary/aromatic N) is 4.